The number of rotatable bonds is 3. The molecule has 1 unspecified atom stereocenters. The van der Waals surface area contributed by atoms with Crippen molar-refractivity contribution >= 4 is 0 Å². The fraction of sp³-hybridized carbons (Fsp3) is 0.200. The maximum absolute atomic E-state index is 13.7. The smallest absolute Gasteiger partial charge is 0.132 e. The second-order valence-corrected chi connectivity index (χ2v) is 4.67. The van der Waals surface area contributed by atoms with Gasteiger partial charge in [0.25, 0.3) is 0 Å². The van der Waals surface area contributed by atoms with Gasteiger partial charge in [-0.1, -0.05) is 24.3 Å². The molecule has 0 aliphatic rings. The van der Waals surface area contributed by atoms with Gasteiger partial charge in [0, 0.05) is 18.1 Å². The second-order valence-electron chi connectivity index (χ2n) is 4.67. The molecule has 1 atom stereocenters. The molecule has 2 aromatic carbocycles. The molecular weight excluding hydrogens is 253 g/mol. The van der Waals surface area contributed by atoms with Crippen molar-refractivity contribution in [3.05, 3.63) is 71.0 Å². The molecule has 0 spiro atoms. The Bertz CT molecular complexity index is 594. The molecule has 0 saturated heterocycles. The van der Waals surface area contributed by atoms with Crippen LogP contribution in [0, 0.1) is 17.5 Å². The molecule has 0 saturated carbocycles. The van der Waals surface area contributed by atoms with Crippen LogP contribution < -0.4 is 0 Å². The zero-order valence-electron chi connectivity index (χ0n) is 10.3. The van der Waals surface area contributed by atoms with Crippen molar-refractivity contribution in [1.29, 1.82) is 0 Å². The molecule has 0 amide bonds. The van der Waals surface area contributed by atoms with Gasteiger partial charge in [-0.3, -0.25) is 0 Å². The molecule has 0 heterocycles. The maximum atomic E-state index is 13.7. The molecule has 2 rings (SSSR count). The molecule has 4 heteroatoms. The minimum absolute atomic E-state index is 0.0582. The van der Waals surface area contributed by atoms with Gasteiger partial charge in [-0.2, -0.15) is 0 Å². The van der Waals surface area contributed by atoms with E-state index in [-0.39, 0.29) is 17.5 Å². The Kier molecular flexibility index (Phi) is 3.62. The van der Waals surface area contributed by atoms with Crippen LogP contribution in [-0.2, 0) is 12.0 Å². The van der Waals surface area contributed by atoms with Crippen molar-refractivity contribution < 1.29 is 18.3 Å². The van der Waals surface area contributed by atoms with Crippen molar-refractivity contribution in [1.82, 2.24) is 0 Å². The van der Waals surface area contributed by atoms with Gasteiger partial charge in [-0.05, 0) is 24.6 Å². The maximum Gasteiger partial charge on any atom is 0.132 e. The van der Waals surface area contributed by atoms with E-state index >= 15 is 0 Å². The fourth-order valence-corrected chi connectivity index (χ4v) is 2.03. The normalized spacial score (nSPS) is 14.2. The lowest BCUT2D eigenvalue weighted by molar-refractivity contribution is 0.0528. The molecule has 0 bridgehead atoms. The molecule has 0 aliphatic heterocycles. The summed E-state index contributed by atoms with van der Waals surface area (Å²) in [7, 11) is 0. The summed E-state index contributed by atoms with van der Waals surface area (Å²) in [5, 5.41) is 10.3. The average molecular weight is 266 g/mol. The van der Waals surface area contributed by atoms with Crippen LogP contribution in [0.5, 0.6) is 0 Å². The fourth-order valence-electron chi connectivity index (χ4n) is 2.03. The lowest BCUT2D eigenvalue weighted by atomic mass is 9.88. The van der Waals surface area contributed by atoms with Crippen molar-refractivity contribution in [2.24, 2.45) is 0 Å². The van der Waals surface area contributed by atoms with Gasteiger partial charge < -0.3 is 5.11 Å². The number of aliphatic hydroxyl groups is 1. The number of benzene rings is 2. The van der Waals surface area contributed by atoms with Crippen molar-refractivity contribution in [2.75, 3.05) is 0 Å². The van der Waals surface area contributed by atoms with Crippen LogP contribution in [0.1, 0.15) is 18.1 Å². The molecule has 100 valence electrons. The zero-order valence-corrected chi connectivity index (χ0v) is 10.3. The van der Waals surface area contributed by atoms with Crippen molar-refractivity contribution in [2.45, 2.75) is 18.9 Å². The van der Waals surface area contributed by atoms with Gasteiger partial charge in [0.1, 0.15) is 17.5 Å². The molecule has 0 fully saturated rings. The van der Waals surface area contributed by atoms with Crippen molar-refractivity contribution in [3.8, 4) is 0 Å². The lowest BCUT2D eigenvalue weighted by Crippen LogP contribution is -2.26. The molecule has 0 aliphatic carbocycles. The molecule has 0 aromatic heterocycles. The first-order valence-electron chi connectivity index (χ1n) is 5.81. The number of hydrogen-bond donors (Lipinski definition) is 1. The highest BCUT2D eigenvalue weighted by Crippen LogP contribution is 2.28. The summed E-state index contributed by atoms with van der Waals surface area (Å²) >= 11 is 0. The van der Waals surface area contributed by atoms with Gasteiger partial charge in [-0.15, -0.1) is 0 Å². The van der Waals surface area contributed by atoms with Gasteiger partial charge in [-0.25, -0.2) is 13.2 Å². The molecule has 0 radical (unpaired) electrons. The van der Waals surface area contributed by atoms with E-state index in [0.29, 0.717) is 6.07 Å². The summed E-state index contributed by atoms with van der Waals surface area (Å²) in [6.45, 7) is 1.37. The Hall–Kier alpha value is -1.81. The third kappa shape index (κ3) is 2.96. The Labute approximate surface area is 109 Å². The summed E-state index contributed by atoms with van der Waals surface area (Å²) in [5.41, 5.74) is -1.40. The molecule has 1 nitrogen and oxygen atoms in total. The van der Waals surface area contributed by atoms with E-state index in [1.165, 1.54) is 31.2 Å². The van der Waals surface area contributed by atoms with Gasteiger partial charge in [0.05, 0.1) is 5.60 Å². The first kappa shape index (κ1) is 13.6. The molecular formula is C15H13F3O. The van der Waals surface area contributed by atoms with E-state index in [1.807, 2.05) is 0 Å². The van der Waals surface area contributed by atoms with E-state index in [0.717, 1.165) is 6.07 Å². The summed E-state index contributed by atoms with van der Waals surface area (Å²) in [5.74, 6) is -2.03. The van der Waals surface area contributed by atoms with Gasteiger partial charge in [0.15, 0.2) is 0 Å². The lowest BCUT2D eigenvalue weighted by Gasteiger charge is -2.24. The Balaban J connectivity index is 2.35. The predicted octanol–water partition coefficient (Wildman–Crippen LogP) is 3.55. The number of hydrogen-bond acceptors (Lipinski definition) is 1. The van der Waals surface area contributed by atoms with E-state index in [2.05, 4.69) is 0 Å². The largest absolute Gasteiger partial charge is 0.385 e. The molecule has 2 aromatic rings. The van der Waals surface area contributed by atoms with Crippen LogP contribution in [0.2, 0.25) is 0 Å². The van der Waals surface area contributed by atoms with E-state index < -0.39 is 23.1 Å². The standard InChI is InChI=1S/C15H13F3O/c1-15(19,9-10-4-2-3-5-13(10)17)12-7-6-11(16)8-14(12)18/h2-8,19H,9H2,1H3. The topological polar surface area (TPSA) is 20.2 Å². The summed E-state index contributed by atoms with van der Waals surface area (Å²) in [6.07, 6.45) is -0.0950. The van der Waals surface area contributed by atoms with Crippen LogP contribution in [0.4, 0.5) is 13.2 Å². The average Bonchev–Trinajstić information content (AvgIpc) is 2.31. The first-order valence-corrected chi connectivity index (χ1v) is 5.81. The van der Waals surface area contributed by atoms with E-state index in [9.17, 15) is 18.3 Å². The van der Waals surface area contributed by atoms with Crippen LogP contribution in [0.25, 0.3) is 0 Å². The Morgan fingerprint density at radius 1 is 1.00 bits per heavy atom. The van der Waals surface area contributed by atoms with E-state index in [1.54, 1.807) is 6.07 Å². The van der Waals surface area contributed by atoms with Gasteiger partial charge in [0.2, 0.25) is 0 Å². The van der Waals surface area contributed by atoms with Crippen LogP contribution in [0.3, 0.4) is 0 Å². The first-order chi connectivity index (χ1) is 8.90. The third-order valence-corrected chi connectivity index (χ3v) is 3.00. The molecule has 19 heavy (non-hydrogen) atoms. The second kappa shape index (κ2) is 5.05. The third-order valence-electron chi connectivity index (χ3n) is 3.00. The number of halogens is 3. The summed E-state index contributed by atoms with van der Waals surface area (Å²) in [6, 6.07) is 8.89. The van der Waals surface area contributed by atoms with Gasteiger partial charge >= 0.3 is 0 Å². The van der Waals surface area contributed by atoms with Crippen LogP contribution in [-0.4, -0.2) is 5.11 Å². The van der Waals surface area contributed by atoms with Crippen LogP contribution >= 0.6 is 0 Å². The monoisotopic (exact) mass is 266 g/mol. The minimum Gasteiger partial charge on any atom is -0.385 e. The highest BCUT2D eigenvalue weighted by molar-refractivity contribution is 5.28. The predicted molar refractivity (Wildman–Crippen MR) is 66.0 cm³/mol. The highest BCUT2D eigenvalue weighted by atomic mass is 19.1. The SMILES string of the molecule is CC(O)(Cc1ccccc1F)c1ccc(F)cc1F. The summed E-state index contributed by atoms with van der Waals surface area (Å²) in [4.78, 5) is 0. The van der Waals surface area contributed by atoms with Crippen molar-refractivity contribution in [3.63, 3.8) is 0 Å². The Morgan fingerprint density at radius 2 is 1.68 bits per heavy atom. The zero-order chi connectivity index (χ0) is 14.0. The quantitative estimate of drug-likeness (QED) is 0.900. The Morgan fingerprint density at radius 3 is 2.32 bits per heavy atom. The molecule has 1 N–H and O–H groups in total. The summed E-state index contributed by atoms with van der Waals surface area (Å²) < 4.78 is 40.0. The van der Waals surface area contributed by atoms with E-state index in [4.69, 9.17) is 0 Å². The highest BCUT2D eigenvalue weighted by Gasteiger charge is 2.28. The minimum atomic E-state index is -1.61. The van der Waals surface area contributed by atoms with Crippen LogP contribution in [0.15, 0.2) is 42.5 Å².